The van der Waals surface area contributed by atoms with E-state index in [0.29, 0.717) is 6.54 Å². The lowest BCUT2D eigenvalue weighted by Crippen LogP contribution is -2.40. The normalized spacial score (nSPS) is 18.6. The Balaban J connectivity index is 2.40. The number of benzene rings is 1. The van der Waals surface area contributed by atoms with Crippen LogP contribution in [-0.2, 0) is 10.2 Å². The van der Waals surface area contributed by atoms with Crippen LogP contribution in [0.25, 0.3) is 5.57 Å². The Morgan fingerprint density at radius 2 is 2.05 bits per heavy atom. The van der Waals surface area contributed by atoms with Gasteiger partial charge in [-0.1, -0.05) is 55.7 Å². The highest BCUT2D eigenvalue weighted by atomic mass is 16.5. The summed E-state index contributed by atoms with van der Waals surface area (Å²) in [6.45, 7) is 9.87. The van der Waals surface area contributed by atoms with Gasteiger partial charge in [-0.25, -0.2) is 0 Å². The Morgan fingerprint density at radius 1 is 1.30 bits per heavy atom. The maximum Gasteiger partial charge on any atom is 0.0475 e. The lowest BCUT2D eigenvalue weighted by molar-refractivity contribution is 0.0529. The molecule has 1 aromatic rings. The van der Waals surface area contributed by atoms with Gasteiger partial charge in [0, 0.05) is 25.2 Å². The van der Waals surface area contributed by atoms with Crippen LogP contribution in [-0.4, -0.2) is 19.8 Å². The molecule has 0 saturated carbocycles. The first-order valence-corrected chi connectivity index (χ1v) is 7.09. The number of hydrogen-bond acceptors (Lipinski definition) is 2. The highest BCUT2D eigenvalue weighted by Gasteiger charge is 2.33. The molecular formula is C18H23NO. The fourth-order valence-electron chi connectivity index (χ4n) is 2.81. The van der Waals surface area contributed by atoms with Crippen LogP contribution in [0.3, 0.4) is 0 Å². The van der Waals surface area contributed by atoms with Crippen molar-refractivity contribution in [1.82, 2.24) is 0 Å². The van der Waals surface area contributed by atoms with Crippen molar-refractivity contribution in [2.75, 3.05) is 19.8 Å². The van der Waals surface area contributed by atoms with E-state index in [1.165, 1.54) is 5.56 Å². The van der Waals surface area contributed by atoms with Gasteiger partial charge in [0.2, 0.25) is 0 Å². The molecule has 0 bridgehead atoms. The fourth-order valence-corrected chi connectivity index (χ4v) is 2.81. The lowest BCUT2D eigenvalue weighted by Gasteiger charge is -2.37. The Morgan fingerprint density at radius 3 is 2.65 bits per heavy atom. The maximum absolute atomic E-state index is 6.08. The van der Waals surface area contributed by atoms with Gasteiger partial charge in [-0.3, -0.25) is 0 Å². The molecule has 1 aromatic carbocycles. The first-order chi connectivity index (χ1) is 9.75. The van der Waals surface area contributed by atoms with Crippen molar-refractivity contribution in [3.63, 3.8) is 0 Å². The average Bonchev–Trinajstić information content (AvgIpc) is 2.53. The summed E-state index contributed by atoms with van der Waals surface area (Å²) in [5.41, 5.74) is 9.68. The summed E-state index contributed by atoms with van der Waals surface area (Å²) in [5, 5.41) is 0. The first kappa shape index (κ1) is 14.8. The molecule has 0 radical (unpaired) electrons. The van der Waals surface area contributed by atoms with Crippen molar-refractivity contribution >= 4 is 5.57 Å². The third-order valence-electron chi connectivity index (χ3n) is 4.17. The van der Waals surface area contributed by atoms with Gasteiger partial charge < -0.3 is 10.5 Å². The summed E-state index contributed by atoms with van der Waals surface area (Å²) >= 11 is 0. The smallest absolute Gasteiger partial charge is 0.0475 e. The van der Waals surface area contributed by atoms with Gasteiger partial charge in [0.15, 0.2) is 0 Å². The monoisotopic (exact) mass is 269 g/mol. The highest BCUT2D eigenvalue weighted by Crippen LogP contribution is 2.35. The van der Waals surface area contributed by atoms with Gasteiger partial charge in [-0.15, -0.1) is 0 Å². The number of ether oxygens (including phenoxy) is 1. The Labute approximate surface area is 121 Å². The summed E-state index contributed by atoms with van der Waals surface area (Å²) in [7, 11) is 0. The molecule has 0 aromatic heterocycles. The third-order valence-corrected chi connectivity index (χ3v) is 4.17. The molecule has 106 valence electrons. The predicted molar refractivity (Wildman–Crippen MR) is 85.6 cm³/mol. The van der Waals surface area contributed by atoms with Crippen molar-refractivity contribution in [1.29, 1.82) is 0 Å². The van der Waals surface area contributed by atoms with E-state index < -0.39 is 0 Å². The minimum atomic E-state index is 0.0503. The minimum absolute atomic E-state index is 0.0503. The zero-order valence-corrected chi connectivity index (χ0v) is 12.0. The van der Waals surface area contributed by atoms with Gasteiger partial charge in [-0.05, 0) is 29.5 Å². The van der Waals surface area contributed by atoms with Crippen LogP contribution in [0.2, 0.25) is 0 Å². The molecule has 2 rings (SSSR count). The predicted octanol–water partition coefficient (Wildman–Crippen LogP) is 3.45. The maximum atomic E-state index is 6.08. The molecule has 1 aliphatic heterocycles. The van der Waals surface area contributed by atoms with E-state index in [1.807, 2.05) is 12.2 Å². The van der Waals surface area contributed by atoms with E-state index in [9.17, 15) is 0 Å². The minimum Gasteiger partial charge on any atom is -0.381 e. The molecule has 0 atom stereocenters. The molecule has 1 aliphatic rings. The van der Waals surface area contributed by atoms with Crippen LogP contribution >= 0.6 is 0 Å². The highest BCUT2D eigenvalue weighted by molar-refractivity contribution is 5.75. The van der Waals surface area contributed by atoms with Crippen molar-refractivity contribution in [2.24, 2.45) is 5.73 Å². The van der Waals surface area contributed by atoms with E-state index in [1.54, 1.807) is 6.08 Å². The molecule has 2 N–H and O–H groups in total. The zero-order chi connectivity index (χ0) is 14.4. The van der Waals surface area contributed by atoms with Gasteiger partial charge >= 0.3 is 0 Å². The van der Waals surface area contributed by atoms with Crippen molar-refractivity contribution < 1.29 is 4.74 Å². The second kappa shape index (κ2) is 6.69. The van der Waals surface area contributed by atoms with Crippen molar-refractivity contribution in [3.05, 3.63) is 66.8 Å². The standard InChI is InChI=1S/C18H23NO/c1-3-6-15(4-2)16-7-5-8-17(13-16)18(14-19)9-11-20-12-10-18/h3-8,13H,1-2,9-12,14,19H2/b15-6+. The van der Waals surface area contributed by atoms with Gasteiger partial charge in [0.25, 0.3) is 0 Å². The topological polar surface area (TPSA) is 35.2 Å². The van der Waals surface area contributed by atoms with Crippen LogP contribution in [0.15, 0.2) is 55.7 Å². The van der Waals surface area contributed by atoms with Crippen molar-refractivity contribution in [3.8, 4) is 0 Å². The number of allylic oxidation sites excluding steroid dienone is 4. The third kappa shape index (κ3) is 2.92. The fraction of sp³-hybridized carbons (Fsp3) is 0.333. The Hall–Kier alpha value is -1.64. The lowest BCUT2D eigenvalue weighted by atomic mass is 9.73. The SMILES string of the molecule is C=C/C=C(\C=C)c1cccc(C2(CN)CCOCC2)c1. The van der Waals surface area contributed by atoms with E-state index >= 15 is 0 Å². The number of rotatable bonds is 5. The largest absolute Gasteiger partial charge is 0.381 e. The summed E-state index contributed by atoms with van der Waals surface area (Å²) in [4.78, 5) is 0. The van der Waals surface area contributed by atoms with Gasteiger partial charge in [0.1, 0.15) is 0 Å². The van der Waals surface area contributed by atoms with Crippen LogP contribution < -0.4 is 5.73 Å². The van der Waals surface area contributed by atoms with E-state index in [0.717, 1.165) is 37.2 Å². The molecule has 1 fully saturated rings. The van der Waals surface area contributed by atoms with Crippen LogP contribution in [0.4, 0.5) is 0 Å². The summed E-state index contributed by atoms with van der Waals surface area (Å²) in [6.07, 6.45) is 7.60. The molecule has 0 aliphatic carbocycles. The number of nitrogens with two attached hydrogens (primary N) is 1. The average molecular weight is 269 g/mol. The molecule has 2 nitrogen and oxygen atoms in total. The molecule has 1 heterocycles. The molecule has 0 amide bonds. The van der Waals surface area contributed by atoms with Crippen LogP contribution in [0, 0.1) is 0 Å². The zero-order valence-electron chi connectivity index (χ0n) is 12.0. The van der Waals surface area contributed by atoms with Gasteiger partial charge in [0.05, 0.1) is 0 Å². The summed E-state index contributed by atoms with van der Waals surface area (Å²) < 4.78 is 5.49. The molecule has 0 unspecified atom stereocenters. The molecule has 20 heavy (non-hydrogen) atoms. The summed E-state index contributed by atoms with van der Waals surface area (Å²) in [5.74, 6) is 0. The first-order valence-electron chi connectivity index (χ1n) is 7.09. The van der Waals surface area contributed by atoms with Gasteiger partial charge in [-0.2, -0.15) is 0 Å². The van der Waals surface area contributed by atoms with Crippen molar-refractivity contribution in [2.45, 2.75) is 18.3 Å². The van der Waals surface area contributed by atoms with Crippen LogP contribution in [0.5, 0.6) is 0 Å². The molecule has 2 heteroatoms. The Bertz CT molecular complexity index is 510. The second-order valence-corrected chi connectivity index (χ2v) is 5.24. The quantitative estimate of drug-likeness (QED) is 0.831. The second-order valence-electron chi connectivity index (χ2n) is 5.24. The molecule has 1 saturated heterocycles. The van der Waals surface area contributed by atoms with E-state index in [2.05, 4.69) is 37.4 Å². The van der Waals surface area contributed by atoms with Crippen LogP contribution in [0.1, 0.15) is 24.0 Å². The molecular weight excluding hydrogens is 246 g/mol. The number of hydrogen-bond donors (Lipinski definition) is 1. The van der Waals surface area contributed by atoms with E-state index in [-0.39, 0.29) is 5.41 Å². The van der Waals surface area contributed by atoms with E-state index in [4.69, 9.17) is 10.5 Å². The Kier molecular flexibility index (Phi) is 4.94. The molecule has 0 spiro atoms. The summed E-state index contributed by atoms with van der Waals surface area (Å²) in [6, 6.07) is 8.60.